The Morgan fingerprint density at radius 1 is 1.31 bits per heavy atom. The molecule has 0 saturated heterocycles. The second-order valence-electron chi connectivity index (χ2n) is 3.91. The first kappa shape index (κ1) is 10.5. The Balaban J connectivity index is 2.85. The Kier molecular flexibility index (Phi) is 2.34. The van der Waals surface area contributed by atoms with E-state index in [9.17, 15) is 9.59 Å². The van der Waals surface area contributed by atoms with E-state index in [1.807, 2.05) is 13.8 Å². The normalized spacial score (nSPS) is 11.2. The predicted molar refractivity (Wildman–Crippen MR) is 59.5 cm³/mol. The molecule has 0 aromatic carbocycles. The molecule has 2 rings (SSSR count). The second kappa shape index (κ2) is 3.55. The molecule has 2 aromatic rings. The minimum absolute atomic E-state index is 0.0124. The monoisotopic (exact) mass is 220 g/mol. The molecule has 0 aliphatic carbocycles. The van der Waals surface area contributed by atoms with Crippen molar-refractivity contribution in [3.8, 4) is 0 Å². The van der Waals surface area contributed by atoms with Crippen molar-refractivity contribution < 1.29 is 0 Å². The van der Waals surface area contributed by atoms with Crippen LogP contribution in [0.25, 0.3) is 11.2 Å². The van der Waals surface area contributed by atoms with Crippen molar-refractivity contribution in [3.63, 3.8) is 0 Å². The summed E-state index contributed by atoms with van der Waals surface area (Å²) >= 11 is 0. The summed E-state index contributed by atoms with van der Waals surface area (Å²) in [7, 11) is 0. The molecular formula is C10H12N4O2. The molecule has 0 saturated carbocycles. The summed E-state index contributed by atoms with van der Waals surface area (Å²) in [6, 6.07) is 0.0124. The van der Waals surface area contributed by atoms with Crippen LogP contribution in [0, 0.1) is 6.92 Å². The molecule has 84 valence electrons. The number of rotatable bonds is 1. The molecule has 0 fully saturated rings. The topological polar surface area (TPSA) is 80.6 Å². The van der Waals surface area contributed by atoms with Crippen molar-refractivity contribution in [3.05, 3.63) is 32.7 Å². The molecule has 0 amide bonds. The molecule has 0 aliphatic heterocycles. The zero-order valence-electron chi connectivity index (χ0n) is 9.31. The van der Waals surface area contributed by atoms with Gasteiger partial charge in [-0.05, 0) is 20.8 Å². The van der Waals surface area contributed by atoms with Crippen LogP contribution >= 0.6 is 0 Å². The number of nitrogens with one attached hydrogen (secondary N) is 1. The van der Waals surface area contributed by atoms with Gasteiger partial charge in [0.05, 0.1) is 0 Å². The number of hydrogen-bond acceptors (Lipinski definition) is 4. The van der Waals surface area contributed by atoms with E-state index in [0.717, 1.165) is 0 Å². The van der Waals surface area contributed by atoms with Crippen LogP contribution in [0.5, 0.6) is 0 Å². The molecule has 6 heteroatoms. The fourth-order valence-electron chi connectivity index (χ4n) is 1.43. The first-order valence-electron chi connectivity index (χ1n) is 4.99. The fraction of sp³-hybridized carbons (Fsp3) is 0.400. The minimum Gasteiger partial charge on any atom is -0.303 e. The van der Waals surface area contributed by atoms with E-state index < -0.39 is 0 Å². The van der Waals surface area contributed by atoms with Gasteiger partial charge in [-0.25, -0.2) is 9.78 Å². The van der Waals surface area contributed by atoms with E-state index >= 15 is 0 Å². The highest BCUT2D eigenvalue weighted by molar-refractivity contribution is 5.67. The van der Waals surface area contributed by atoms with Crippen molar-refractivity contribution in [2.75, 3.05) is 0 Å². The molecule has 6 nitrogen and oxygen atoms in total. The Morgan fingerprint density at radius 2 is 2.00 bits per heavy atom. The lowest BCUT2D eigenvalue weighted by Crippen LogP contribution is -2.26. The van der Waals surface area contributed by atoms with Crippen molar-refractivity contribution in [2.24, 2.45) is 0 Å². The quantitative estimate of drug-likeness (QED) is 0.752. The second-order valence-corrected chi connectivity index (χ2v) is 3.91. The summed E-state index contributed by atoms with van der Waals surface area (Å²) in [6.07, 6.45) is 1.61. The van der Waals surface area contributed by atoms with Crippen molar-refractivity contribution in [1.29, 1.82) is 0 Å². The van der Waals surface area contributed by atoms with Crippen LogP contribution in [0.4, 0.5) is 0 Å². The van der Waals surface area contributed by atoms with E-state index in [-0.39, 0.29) is 22.9 Å². The third-order valence-electron chi connectivity index (χ3n) is 2.34. The van der Waals surface area contributed by atoms with Crippen molar-refractivity contribution in [1.82, 2.24) is 19.5 Å². The fourth-order valence-corrected chi connectivity index (χ4v) is 1.43. The van der Waals surface area contributed by atoms with Gasteiger partial charge in [0.1, 0.15) is 11.2 Å². The summed E-state index contributed by atoms with van der Waals surface area (Å²) in [5, 5.41) is 0. The molecule has 0 bridgehead atoms. The molecule has 0 aliphatic rings. The number of aryl methyl sites for hydroxylation is 1. The molecular weight excluding hydrogens is 208 g/mol. The Morgan fingerprint density at radius 3 is 2.62 bits per heavy atom. The lowest BCUT2D eigenvalue weighted by atomic mass is 10.3. The zero-order valence-corrected chi connectivity index (χ0v) is 9.31. The van der Waals surface area contributed by atoms with Crippen LogP contribution in [0.3, 0.4) is 0 Å². The average Bonchev–Trinajstić information content (AvgIpc) is 2.19. The average molecular weight is 220 g/mol. The Labute approximate surface area is 91.0 Å². The van der Waals surface area contributed by atoms with E-state index in [1.165, 1.54) is 4.57 Å². The summed E-state index contributed by atoms with van der Waals surface area (Å²) in [4.78, 5) is 33.3. The standard InChI is InChI=1S/C10H12N4O2/c1-5(2)14-4-7-8(13-10(14)16)12-9(15)6(3)11-7/h4-5H,1-3H3,(H,12,13,15,16). The molecule has 2 aromatic heterocycles. The summed E-state index contributed by atoms with van der Waals surface area (Å²) in [5.41, 5.74) is 0.414. The van der Waals surface area contributed by atoms with Crippen LogP contribution in [0.15, 0.2) is 15.8 Å². The first-order chi connectivity index (χ1) is 7.49. The van der Waals surface area contributed by atoms with Crippen LogP contribution in [0.2, 0.25) is 0 Å². The van der Waals surface area contributed by atoms with Gasteiger partial charge in [-0.2, -0.15) is 4.98 Å². The molecule has 0 radical (unpaired) electrons. The van der Waals surface area contributed by atoms with Crippen molar-refractivity contribution >= 4 is 11.2 Å². The minimum atomic E-state index is -0.385. The Bertz CT molecular complexity index is 654. The SMILES string of the molecule is Cc1nc2cn(C(C)C)c(=O)nc2[nH]c1=O. The van der Waals surface area contributed by atoms with E-state index in [4.69, 9.17) is 0 Å². The largest absolute Gasteiger partial charge is 0.349 e. The summed E-state index contributed by atoms with van der Waals surface area (Å²) in [6.45, 7) is 5.38. The highest BCUT2D eigenvalue weighted by Crippen LogP contribution is 2.05. The first-order valence-corrected chi connectivity index (χ1v) is 4.99. The maximum Gasteiger partial charge on any atom is 0.349 e. The van der Waals surface area contributed by atoms with Gasteiger partial charge in [-0.3, -0.25) is 9.36 Å². The van der Waals surface area contributed by atoms with E-state index in [1.54, 1.807) is 13.1 Å². The van der Waals surface area contributed by atoms with Crippen LogP contribution in [0.1, 0.15) is 25.6 Å². The van der Waals surface area contributed by atoms with Gasteiger partial charge in [0.25, 0.3) is 5.56 Å². The van der Waals surface area contributed by atoms with Crippen LogP contribution < -0.4 is 11.2 Å². The van der Waals surface area contributed by atoms with Crippen LogP contribution in [-0.4, -0.2) is 19.5 Å². The van der Waals surface area contributed by atoms with E-state index in [0.29, 0.717) is 11.2 Å². The summed E-state index contributed by atoms with van der Waals surface area (Å²) in [5.74, 6) is 0. The Hall–Kier alpha value is -1.98. The number of aromatic amines is 1. The van der Waals surface area contributed by atoms with Gasteiger partial charge in [-0.1, -0.05) is 0 Å². The number of fused-ring (bicyclic) bond motifs is 1. The predicted octanol–water partition coefficient (Wildman–Crippen LogP) is 0.369. The van der Waals surface area contributed by atoms with E-state index in [2.05, 4.69) is 15.0 Å². The van der Waals surface area contributed by atoms with Crippen molar-refractivity contribution in [2.45, 2.75) is 26.8 Å². The van der Waals surface area contributed by atoms with Gasteiger partial charge >= 0.3 is 5.69 Å². The third-order valence-corrected chi connectivity index (χ3v) is 2.34. The third kappa shape index (κ3) is 1.62. The lowest BCUT2D eigenvalue weighted by molar-refractivity contribution is 0.567. The zero-order chi connectivity index (χ0) is 11.9. The maximum absolute atomic E-state index is 11.6. The molecule has 0 atom stereocenters. The number of H-pyrrole nitrogens is 1. The summed E-state index contributed by atoms with van der Waals surface area (Å²) < 4.78 is 1.48. The molecule has 16 heavy (non-hydrogen) atoms. The van der Waals surface area contributed by atoms with Gasteiger partial charge in [0.2, 0.25) is 0 Å². The van der Waals surface area contributed by atoms with Gasteiger partial charge in [-0.15, -0.1) is 0 Å². The van der Waals surface area contributed by atoms with Gasteiger partial charge < -0.3 is 4.98 Å². The molecule has 2 heterocycles. The van der Waals surface area contributed by atoms with Gasteiger partial charge in [0.15, 0.2) is 5.65 Å². The maximum atomic E-state index is 11.6. The highest BCUT2D eigenvalue weighted by Gasteiger charge is 2.07. The molecule has 0 unspecified atom stereocenters. The lowest BCUT2D eigenvalue weighted by Gasteiger charge is -2.08. The molecule has 1 N–H and O–H groups in total. The smallest absolute Gasteiger partial charge is 0.303 e. The van der Waals surface area contributed by atoms with Gasteiger partial charge in [0, 0.05) is 12.2 Å². The number of hydrogen-bond donors (Lipinski definition) is 1. The number of aromatic nitrogens is 4. The molecule has 0 spiro atoms. The van der Waals surface area contributed by atoms with Crippen LogP contribution in [-0.2, 0) is 0 Å². The highest BCUT2D eigenvalue weighted by atomic mass is 16.1. The number of nitrogens with zero attached hydrogens (tertiary/aromatic N) is 3.